The number of hydrogen-bond acceptors (Lipinski definition) is 4. The summed E-state index contributed by atoms with van der Waals surface area (Å²) in [5.41, 5.74) is 3.63. The van der Waals surface area contributed by atoms with E-state index in [-0.39, 0.29) is 36.5 Å². The van der Waals surface area contributed by atoms with Gasteiger partial charge in [0.1, 0.15) is 11.5 Å². The fourth-order valence-electron chi connectivity index (χ4n) is 3.61. The molecule has 1 fully saturated rings. The number of aliphatic imine (C=N–C) groups is 1. The van der Waals surface area contributed by atoms with Gasteiger partial charge >= 0.3 is 0 Å². The molecule has 0 radical (unpaired) electrons. The predicted octanol–water partition coefficient (Wildman–Crippen LogP) is 3.19. The lowest BCUT2D eigenvalue weighted by molar-refractivity contribution is -0.123. The highest BCUT2D eigenvalue weighted by Crippen LogP contribution is 2.25. The van der Waals surface area contributed by atoms with Crippen molar-refractivity contribution < 1.29 is 14.3 Å². The summed E-state index contributed by atoms with van der Waals surface area (Å²) in [5.74, 6) is 2.42. The molecule has 7 nitrogen and oxygen atoms in total. The summed E-state index contributed by atoms with van der Waals surface area (Å²) < 4.78 is 11.2. The molecule has 1 aliphatic carbocycles. The van der Waals surface area contributed by atoms with Gasteiger partial charge in [-0.05, 0) is 61.1 Å². The highest BCUT2D eigenvalue weighted by atomic mass is 127. The van der Waals surface area contributed by atoms with Gasteiger partial charge in [0, 0.05) is 25.6 Å². The minimum absolute atomic E-state index is 0. The minimum Gasteiger partial charge on any atom is -0.493 e. The molecule has 2 aromatic rings. The minimum atomic E-state index is -0.0644. The summed E-state index contributed by atoms with van der Waals surface area (Å²) in [6.45, 7) is 5.00. The average Bonchev–Trinajstić information content (AvgIpc) is 3.49. The van der Waals surface area contributed by atoms with Gasteiger partial charge in [0.25, 0.3) is 5.91 Å². The Labute approximate surface area is 212 Å². The van der Waals surface area contributed by atoms with Crippen LogP contribution in [0.15, 0.2) is 47.5 Å². The number of nitrogens with zero attached hydrogens (tertiary/aromatic N) is 1. The average molecular weight is 564 g/mol. The molecule has 0 atom stereocenters. The van der Waals surface area contributed by atoms with Crippen molar-refractivity contribution in [2.24, 2.45) is 4.99 Å². The number of ether oxygens (including phenoxy) is 2. The van der Waals surface area contributed by atoms with Crippen LogP contribution in [0.3, 0.4) is 0 Å². The molecule has 0 aromatic heterocycles. The van der Waals surface area contributed by atoms with E-state index in [1.807, 2.05) is 24.3 Å². The van der Waals surface area contributed by atoms with E-state index in [0.717, 1.165) is 62.7 Å². The molecule has 4 rings (SSSR count). The summed E-state index contributed by atoms with van der Waals surface area (Å²) in [4.78, 5) is 16.5. The zero-order valence-corrected chi connectivity index (χ0v) is 21.4. The van der Waals surface area contributed by atoms with Gasteiger partial charge in [-0.2, -0.15) is 0 Å². The molecule has 0 saturated heterocycles. The van der Waals surface area contributed by atoms with Crippen LogP contribution >= 0.6 is 24.0 Å². The Hall–Kier alpha value is -2.49. The van der Waals surface area contributed by atoms with Crippen molar-refractivity contribution in [2.75, 3.05) is 26.3 Å². The predicted molar refractivity (Wildman–Crippen MR) is 141 cm³/mol. The number of amides is 1. The molecule has 0 unspecified atom stereocenters. The van der Waals surface area contributed by atoms with E-state index in [2.05, 4.69) is 41.1 Å². The Morgan fingerprint density at radius 2 is 2.03 bits per heavy atom. The maximum atomic E-state index is 11.8. The van der Waals surface area contributed by atoms with Crippen LogP contribution in [0, 0.1) is 0 Å². The molecular formula is C25H33IN4O3. The highest BCUT2D eigenvalue weighted by Gasteiger charge is 2.23. The summed E-state index contributed by atoms with van der Waals surface area (Å²) in [6, 6.07) is 14.5. The van der Waals surface area contributed by atoms with Gasteiger partial charge in [0.15, 0.2) is 12.6 Å². The van der Waals surface area contributed by atoms with Crippen molar-refractivity contribution in [2.45, 2.75) is 45.2 Å². The van der Waals surface area contributed by atoms with E-state index in [4.69, 9.17) is 14.5 Å². The Balaban J connectivity index is 0.00000306. The van der Waals surface area contributed by atoms with Gasteiger partial charge in [-0.25, -0.2) is 4.99 Å². The van der Waals surface area contributed by atoms with Crippen LogP contribution in [-0.4, -0.2) is 44.2 Å². The lowest BCUT2D eigenvalue weighted by Crippen LogP contribution is -2.38. The normalized spacial score (nSPS) is 14.5. The first-order valence-electron chi connectivity index (χ1n) is 11.5. The zero-order chi connectivity index (χ0) is 22.2. The summed E-state index contributed by atoms with van der Waals surface area (Å²) >= 11 is 0. The second-order valence-electron chi connectivity index (χ2n) is 8.19. The van der Waals surface area contributed by atoms with Crippen molar-refractivity contribution in [1.29, 1.82) is 0 Å². The van der Waals surface area contributed by atoms with Crippen molar-refractivity contribution in [3.05, 3.63) is 59.2 Å². The number of carbonyl (C=O) groups excluding carboxylic acids is 1. The molecular weight excluding hydrogens is 531 g/mol. The van der Waals surface area contributed by atoms with E-state index >= 15 is 0 Å². The third kappa shape index (κ3) is 8.10. The van der Waals surface area contributed by atoms with Gasteiger partial charge < -0.3 is 25.4 Å². The highest BCUT2D eigenvalue weighted by molar-refractivity contribution is 14.0. The molecule has 0 spiro atoms. The van der Waals surface area contributed by atoms with E-state index in [0.29, 0.717) is 18.3 Å². The number of halogens is 1. The van der Waals surface area contributed by atoms with E-state index < -0.39 is 0 Å². The lowest BCUT2D eigenvalue weighted by atomic mass is 10.1. The summed E-state index contributed by atoms with van der Waals surface area (Å²) in [7, 11) is 0. The number of guanidine groups is 1. The third-order valence-corrected chi connectivity index (χ3v) is 5.43. The van der Waals surface area contributed by atoms with Gasteiger partial charge in [-0.15, -0.1) is 24.0 Å². The molecule has 2 aromatic carbocycles. The quantitative estimate of drug-likeness (QED) is 0.235. The molecule has 178 valence electrons. The van der Waals surface area contributed by atoms with Gasteiger partial charge in [0.2, 0.25) is 0 Å². The van der Waals surface area contributed by atoms with Crippen LogP contribution in [0.1, 0.15) is 36.5 Å². The topological polar surface area (TPSA) is 84.0 Å². The van der Waals surface area contributed by atoms with Crippen molar-refractivity contribution in [1.82, 2.24) is 16.0 Å². The Kier molecular flexibility index (Phi) is 9.65. The summed E-state index contributed by atoms with van der Waals surface area (Å²) in [6.07, 6.45) is 4.06. The molecule has 33 heavy (non-hydrogen) atoms. The van der Waals surface area contributed by atoms with Crippen LogP contribution in [0.25, 0.3) is 0 Å². The molecule has 3 N–H and O–H groups in total. The van der Waals surface area contributed by atoms with Crippen LogP contribution in [-0.2, 0) is 24.2 Å². The zero-order valence-electron chi connectivity index (χ0n) is 19.1. The molecule has 8 heteroatoms. The molecule has 1 heterocycles. The number of benzene rings is 2. The number of hydrogen-bond donors (Lipinski definition) is 3. The van der Waals surface area contributed by atoms with Crippen LogP contribution < -0.4 is 25.4 Å². The molecule has 1 aliphatic heterocycles. The fraction of sp³-hybridized carbons (Fsp3) is 0.440. The lowest BCUT2D eigenvalue weighted by Gasteiger charge is -2.12. The number of nitrogens with one attached hydrogen (secondary N) is 3. The van der Waals surface area contributed by atoms with E-state index in [9.17, 15) is 4.79 Å². The smallest absolute Gasteiger partial charge is 0.258 e. The standard InChI is InChI=1S/C25H32N4O3.HI/c1-2-26-25(27-12-10-18-6-9-23-20(14-18)11-13-31-23)28-16-19-4-3-5-22(15-19)32-17-24(30)29-21-7-8-21;/h3-6,9,14-15,21H,2,7-8,10-13,16-17H2,1H3,(H,29,30)(H2,26,27,28);1H. The van der Waals surface area contributed by atoms with Gasteiger partial charge in [-0.3, -0.25) is 4.79 Å². The molecule has 1 saturated carbocycles. The van der Waals surface area contributed by atoms with Crippen LogP contribution in [0.2, 0.25) is 0 Å². The Morgan fingerprint density at radius 3 is 2.85 bits per heavy atom. The monoisotopic (exact) mass is 564 g/mol. The van der Waals surface area contributed by atoms with Crippen molar-refractivity contribution in [3.8, 4) is 11.5 Å². The second kappa shape index (κ2) is 12.7. The maximum Gasteiger partial charge on any atom is 0.258 e. The molecule has 1 amide bonds. The van der Waals surface area contributed by atoms with Gasteiger partial charge in [-0.1, -0.05) is 24.3 Å². The molecule has 2 aliphatic rings. The van der Waals surface area contributed by atoms with E-state index in [1.165, 1.54) is 11.1 Å². The van der Waals surface area contributed by atoms with Crippen molar-refractivity contribution in [3.63, 3.8) is 0 Å². The molecule has 0 bridgehead atoms. The Bertz CT molecular complexity index is 962. The largest absolute Gasteiger partial charge is 0.493 e. The third-order valence-electron chi connectivity index (χ3n) is 5.43. The number of rotatable bonds is 10. The first-order valence-corrected chi connectivity index (χ1v) is 11.5. The van der Waals surface area contributed by atoms with Crippen LogP contribution in [0.4, 0.5) is 0 Å². The summed E-state index contributed by atoms with van der Waals surface area (Å²) in [5, 5.41) is 9.63. The van der Waals surface area contributed by atoms with Crippen LogP contribution in [0.5, 0.6) is 11.5 Å². The first-order chi connectivity index (χ1) is 15.7. The number of carbonyl (C=O) groups is 1. The maximum absolute atomic E-state index is 11.8. The SMILES string of the molecule is CCNC(=NCc1cccc(OCC(=O)NC2CC2)c1)NCCc1ccc2c(c1)CCO2.I. The Morgan fingerprint density at radius 1 is 1.15 bits per heavy atom. The first kappa shape index (κ1) is 25.1. The fourth-order valence-corrected chi connectivity index (χ4v) is 3.61. The number of fused-ring (bicyclic) bond motifs is 1. The van der Waals surface area contributed by atoms with E-state index in [1.54, 1.807) is 0 Å². The van der Waals surface area contributed by atoms with Crippen molar-refractivity contribution >= 4 is 35.8 Å². The second-order valence-corrected chi connectivity index (χ2v) is 8.19. The van der Waals surface area contributed by atoms with Gasteiger partial charge in [0.05, 0.1) is 13.2 Å².